The van der Waals surface area contributed by atoms with E-state index in [0.717, 1.165) is 5.69 Å². The van der Waals surface area contributed by atoms with Gasteiger partial charge in [-0.05, 0) is 6.92 Å². The third-order valence-electron chi connectivity index (χ3n) is 1.78. The number of nitrogens with zero attached hydrogens (tertiary/aromatic N) is 3. The van der Waals surface area contributed by atoms with Gasteiger partial charge in [0.05, 0.1) is 37.2 Å². The van der Waals surface area contributed by atoms with Gasteiger partial charge in [-0.1, -0.05) is 0 Å². The molecule has 0 spiro atoms. The SMILES string of the molecule is Cc1cnc2c(n1)C(=NCCO)NSN2. The molecule has 7 heteroatoms. The van der Waals surface area contributed by atoms with Gasteiger partial charge in [0.15, 0.2) is 11.7 Å². The maximum atomic E-state index is 8.71. The van der Waals surface area contributed by atoms with Crippen molar-refractivity contribution < 1.29 is 5.11 Å². The number of aliphatic hydroxyl groups is 1. The van der Waals surface area contributed by atoms with E-state index < -0.39 is 0 Å². The number of anilines is 1. The van der Waals surface area contributed by atoms with Crippen molar-refractivity contribution >= 4 is 23.8 Å². The molecule has 0 fully saturated rings. The van der Waals surface area contributed by atoms with E-state index in [-0.39, 0.29) is 6.61 Å². The first-order valence-electron chi connectivity index (χ1n) is 4.48. The number of nitrogens with one attached hydrogen (secondary N) is 2. The normalized spacial score (nSPS) is 16.8. The number of hydrogen-bond donors (Lipinski definition) is 3. The van der Waals surface area contributed by atoms with E-state index in [0.29, 0.717) is 23.9 Å². The van der Waals surface area contributed by atoms with Gasteiger partial charge in [-0.25, -0.2) is 9.97 Å². The molecule has 0 bridgehead atoms. The van der Waals surface area contributed by atoms with Gasteiger partial charge in [-0.2, -0.15) is 0 Å². The van der Waals surface area contributed by atoms with E-state index in [1.807, 2.05) is 6.92 Å². The van der Waals surface area contributed by atoms with Crippen LogP contribution in [0.25, 0.3) is 0 Å². The molecule has 1 aliphatic heterocycles. The number of aryl methyl sites for hydroxylation is 1. The molecular formula is C8H11N5OS. The molecule has 0 aromatic carbocycles. The first-order chi connectivity index (χ1) is 7.31. The van der Waals surface area contributed by atoms with Gasteiger partial charge in [-0.15, -0.1) is 0 Å². The van der Waals surface area contributed by atoms with Crippen molar-refractivity contribution in [1.29, 1.82) is 0 Å². The summed E-state index contributed by atoms with van der Waals surface area (Å²) >= 11 is 1.29. The molecule has 0 atom stereocenters. The summed E-state index contributed by atoms with van der Waals surface area (Å²) in [5.74, 6) is 1.35. The van der Waals surface area contributed by atoms with Crippen molar-refractivity contribution in [2.75, 3.05) is 17.9 Å². The van der Waals surface area contributed by atoms with Crippen molar-refractivity contribution in [3.63, 3.8) is 0 Å². The molecule has 0 saturated carbocycles. The highest BCUT2D eigenvalue weighted by Crippen LogP contribution is 2.19. The number of hydrogen-bond acceptors (Lipinski definition) is 6. The average Bonchev–Trinajstić information content (AvgIpc) is 2.26. The smallest absolute Gasteiger partial charge is 0.167 e. The lowest BCUT2D eigenvalue weighted by Crippen LogP contribution is -2.28. The predicted molar refractivity (Wildman–Crippen MR) is 59.6 cm³/mol. The first-order valence-corrected chi connectivity index (χ1v) is 5.30. The third-order valence-corrected chi connectivity index (χ3v) is 2.37. The molecule has 1 aromatic heterocycles. The Morgan fingerprint density at radius 2 is 2.40 bits per heavy atom. The van der Waals surface area contributed by atoms with Gasteiger partial charge in [0.2, 0.25) is 0 Å². The summed E-state index contributed by atoms with van der Waals surface area (Å²) in [6.07, 6.45) is 1.70. The van der Waals surface area contributed by atoms with E-state index in [9.17, 15) is 0 Å². The zero-order valence-electron chi connectivity index (χ0n) is 8.19. The van der Waals surface area contributed by atoms with Crippen molar-refractivity contribution in [2.45, 2.75) is 6.92 Å². The van der Waals surface area contributed by atoms with Crippen LogP contribution >= 0.6 is 12.1 Å². The highest BCUT2D eigenvalue weighted by atomic mass is 32.2. The second kappa shape index (κ2) is 4.45. The molecule has 1 aliphatic rings. The Hall–Kier alpha value is -1.34. The van der Waals surface area contributed by atoms with Crippen LogP contribution in [0.5, 0.6) is 0 Å². The van der Waals surface area contributed by atoms with E-state index in [1.165, 1.54) is 12.1 Å². The number of aromatic nitrogens is 2. The van der Waals surface area contributed by atoms with Gasteiger partial charge in [0.1, 0.15) is 5.69 Å². The van der Waals surface area contributed by atoms with Crippen LogP contribution in [0.3, 0.4) is 0 Å². The number of aliphatic imine (C=N–C) groups is 1. The Bertz CT molecular complexity index is 395. The van der Waals surface area contributed by atoms with Crippen LogP contribution in [0.15, 0.2) is 11.2 Å². The summed E-state index contributed by atoms with van der Waals surface area (Å²) < 4.78 is 5.96. The summed E-state index contributed by atoms with van der Waals surface area (Å²) in [5, 5.41) is 8.71. The van der Waals surface area contributed by atoms with Gasteiger partial charge in [0, 0.05) is 0 Å². The Labute approximate surface area is 91.5 Å². The highest BCUT2D eigenvalue weighted by molar-refractivity contribution is 7.99. The largest absolute Gasteiger partial charge is 0.394 e. The molecule has 0 aliphatic carbocycles. The summed E-state index contributed by atoms with van der Waals surface area (Å²) in [6, 6.07) is 0. The minimum Gasteiger partial charge on any atom is -0.394 e. The minimum absolute atomic E-state index is 0.0256. The lowest BCUT2D eigenvalue weighted by atomic mass is 10.3. The molecule has 2 rings (SSSR count). The van der Waals surface area contributed by atoms with E-state index in [2.05, 4.69) is 24.4 Å². The topological polar surface area (TPSA) is 82.4 Å². The summed E-state index contributed by atoms with van der Waals surface area (Å²) in [6.45, 7) is 2.26. The third kappa shape index (κ3) is 2.18. The number of fused-ring (bicyclic) bond motifs is 1. The van der Waals surface area contributed by atoms with Crippen molar-refractivity contribution in [3.05, 3.63) is 17.6 Å². The van der Waals surface area contributed by atoms with Crippen LogP contribution in [0.2, 0.25) is 0 Å². The van der Waals surface area contributed by atoms with Crippen LogP contribution in [0.1, 0.15) is 11.4 Å². The lowest BCUT2D eigenvalue weighted by molar-refractivity contribution is 0.307. The maximum absolute atomic E-state index is 8.71. The Morgan fingerprint density at radius 3 is 3.20 bits per heavy atom. The summed E-state index contributed by atoms with van der Waals surface area (Å²) in [5.41, 5.74) is 1.53. The van der Waals surface area contributed by atoms with Crippen molar-refractivity contribution in [3.8, 4) is 0 Å². The number of rotatable bonds is 2. The second-order valence-corrected chi connectivity index (χ2v) is 3.58. The van der Waals surface area contributed by atoms with Crippen molar-refractivity contribution in [2.24, 2.45) is 4.99 Å². The maximum Gasteiger partial charge on any atom is 0.167 e. The molecule has 15 heavy (non-hydrogen) atoms. The Morgan fingerprint density at radius 1 is 1.53 bits per heavy atom. The fourth-order valence-electron chi connectivity index (χ4n) is 1.16. The van der Waals surface area contributed by atoms with E-state index >= 15 is 0 Å². The van der Waals surface area contributed by atoms with Crippen LogP contribution in [0, 0.1) is 6.92 Å². The van der Waals surface area contributed by atoms with E-state index in [1.54, 1.807) is 6.20 Å². The minimum atomic E-state index is 0.0256. The number of amidine groups is 1. The van der Waals surface area contributed by atoms with Gasteiger partial charge in [-0.3, -0.25) is 14.4 Å². The molecule has 0 radical (unpaired) electrons. The van der Waals surface area contributed by atoms with Crippen LogP contribution in [0.4, 0.5) is 5.82 Å². The Kier molecular flexibility index (Phi) is 3.02. The zero-order valence-corrected chi connectivity index (χ0v) is 9.01. The molecule has 0 unspecified atom stereocenters. The zero-order chi connectivity index (χ0) is 10.7. The highest BCUT2D eigenvalue weighted by Gasteiger charge is 2.17. The average molecular weight is 225 g/mol. The molecule has 0 saturated heterocycles. The van der Waals surface area contributed by atoms with E-state index in [4.69, 9.17) is 5.11 Å². The molecule has 0 amide bonds. The molecule has 6 nitrogen and oxygen atoms in total. The molecule has 1 aromatic rings. The molecule has 2 heterocycles. The van der Waals surface area contributed by atoms with Gasteiger partial charge < -0.3 is 5.11 Å². The van der Waals surface area contributed by atoms with Gasteiger partial charge >= 0.3 is 0 Å². The monoisotopic (exact) mass is 225 g/mol. The quantitative estimate of drug-likeness (QED) is 0.619. The standard InChI is InChI=1S/C8H11N5OS/c1-5-4-10-8-6(11-5)7(9-2-3-14)12-15-13-8/h4,14H,2-3H2,1H3,(H,9,12)(H,10,13). The molecular weight excluding hydrogens is 214 g/mol. The summed E-state index contributed by atoms with van der Waals surface area (Å²) in [4.78, 5) is 12.7. The Balaban J connectivity index is 2.36. The molecule has 3 N–H and O–H groups in total. The fraction of sp³-hybridized carbons (Fsp3) is 0.375. The predicted octanol–water partition coefficient (Wildman–Crippen LogP) is 0.102. The number of aliphatic hydroxyl groups excluding tert-OH is 1. The van der Waals surface area contributed by atoms with Crippen LogP contribution in [-0.2, 0) is 0 Å². The first kappa shape index (κ1) is 10.2. The van der Waals surface area contributed by atoms with Gasteiger partial charge in [0.25, 0.3) is 0 Å². The lowest BCUT2D eigenvalue weighted by Gasteiger charge is -2.18. The van der Waals surface area contributed by atoms with Crippen molar-refractivity contribution in [1.82, 2.24) is 14.7 Å². The second-order valence-electron chi connectivity index (χ2n) is 2.97. The fourth-order valence-corrected chi connectivity index (χ4v) is 1.71. The van der Waals surface area contributed by atoms with Crippen LogP contribution in [-0.4, -0.2) is 34.1 Å². The molecule has 80 valence electrons. The summed E-state index contributed by atoms with van der Waals surface area (Å²) in [7, 11) is 0. The van der Waals surface area contributed by atoms with Crippen LogP contribution < -0.4 is 9.44 Å².